The summed E-state index contributed by atoms with van der Waals surface area (Å²) in [5, 5.41) is 7.54. The molecule has 0 saturated carbocycles. The van der Waals surface area contributed by atoms with Gasteiger partial charge in [-0.25, -0.2) is 21.9 Å². The van der Waals surface area contributed by atoms with Crippen LogP contribution in [0.3, 0.4) is 0 Å². The molecular weight excluding hydrogens is 352 g/mol. The SMILES string of the molecule is O=S(=O)(Cc1ccc(F)cc1)NCc1nnc(-c2ccc(F)cc2)o1. The summed E-state index contributed by atoms with van der Waals surface area (Å²) < 4.78 is 57.5. The minimum absolute atomic E-state index is 0.0713. The molecule has 2 aromatic carbocycles. The monoisotopic (exact) mass is 365 g/mol. The fourth-order valence-electron chi connectivity index (χ4n) is 2.06. The molecule has 1 aromatic heterocycles. The third-order valence-corrected chi connectivity index (χ3v) is 4.57. The van der Waals surface area contributed by atoms with E-state index in [1.807, 2.05) is 0 Å². The fourth-order valence-corrected chi connectivity index (χ4v) is 3.13. The maximum atomic E-state index is 12.9. The second-order valence-electron chi connectivity index (χ2n) is 5.21. The van der Waals surface area contributed by atoms with E-state index < -0.39 is 21.7 Å². The van der Waals surface area contributed by atoms with E-state index >= 15 is 0 Å². The molecule has 1 N–H and O–H groups in total. The molecule has 0 spiro atoms. The maximum Gasteiger partial charge on any atom is 0.247 e. The topological polar surface area (TPSA) is 85.1 Å². The zero-order valence-corrected chi connectivity index (χ0v) is 13.6. The molecule has 0 aliphatic heterocycles. The van der Waals surface area contributed by atoms with Gasteiger partial charge in [0.25, 0.3) is 0 Å². The van der Waals surface area contributed by atoms with E-state index in [0.29, 0.717) is 11.1 Å². The second kappa shape index (κ2) is 7.08. The molecule has 0 aliphatic rings. The van der Waals surface area contributed by atoms with Crippen LogP contribution in [0, 0.1) is 11.6 Å². The van der Waals surface area contributed by atoms with Gasteiger partial charge >= 0.3 is 0 Å². The number of hydrogen-bond acceptors (Lipinski definition) is 5. The van der Waals surface area contributed by atoms with Crippen molar-refractivity contribution in [2.75, 3.05) is 0 Å². The summed E-state index contributed by atoms with van der Waals surface area (Å²) >= 11 is 0. The Morgan fingerprint density at radius 1 is 0.920 bits per heavy atom. The summed E-state index contributed by atoms with van der Waals surface area (Å²) in [5.41, 5.74) is 0.973. The van der Waals surface area contributed by atoms with Gasteiger partial charge in [-0.05, 0) is 42.0 Å². The Labute approximate surface area is 142 Å². The molecular formula is C16H13F2N3O3S. The Balaban J connectivity index is 1.63. The number of rotatable bonds is 6. The largest absolute Gasteiger partial charge is 0.419 e. The minimum atomic E-state index is -3.66. The van der Waals surface area contributed by atoms with Gasteiger partial charge in [0.2, 0.25) is 21.8 Å². The minimum Gasteiger partial charge on any atom is -0.419 e. The zero-order valence-electron chi connectivity index (χ0n) is 12.8. The lowest BCUT2D eigenvalue weighted by molar-refractivity contribution is 0.494. The third kappa shape index (κ3) is 4.68. The molecule has 1 heterocycles. The van der Waals surface area contributed by atoms with Gasteiger partial charge in [0, 0.05) is 5.56 Å². The summed E-state index contributed by atoms with van der Waals surface area (Å²) in [5.74, 6) is -0.897. The van der Waals surface area contributed by atoms with Gasteiger partial charge in [0.05, 0.1) is 12.3 Å². The summed E-state index contributed by atoms with van der Waals surface area (Å²) in [6.07, 6.45) is 0. The smallest absolute Gasteiger partial charge is 0.247 e. The standard InChI is InChI=1S/C16H13F2N3O3S/c17-13-5-1-11(2-6-13)10-25(22,23)19-9-15-20-21-16(24-15)12-3-7-14(18)8-4-12/h1-8,19H,9-10H2. The van der Waals surface area contributed by atoms with Crippen LogP contribution >= 0.6 is 0 Å². The number of benzene rings is 2. The summed E-state index contributed by atoms with van der Waals surface area (Å²) in [6, 6.07) is 10.6. The average Bonchev–Trinajstić information content (AvgIpc) is 3.05. The van der Waals surface area contributed by atoms with Gasteiger partial charge in [0.1, 0.15) is 11.6 Å². The molecule has 0 amide bonds. The number of nitrogens with one attached hydrogen (secondary N) is 1. The van der Waals surface area contributed by atoms with Crippen molar-refractivity contribution in [3.8, 4) is 11.5 Å². The van der Waals surface area contributed by atoms with Crippen LogP contribution in [-0.2, 0) is 22.3 Å². The normalized spacial score (nSPS) is 11.6. The van der Waals surface area contributed by atoms with Gasteiger partial charge in [-0.3, -0.25) is 0 Å². The van der Waals surface area contributed by atoms with E-state index in [0.717, 1.165) is 0 Å². The Hall–Kier alpha value is -2.65. The first-order valence-electron chi connectivity index (χ1n) is 7.21. The molecule has 0 unspecified atom stereocenters. The highest BCUT2D eigenvalue weighted by Crippen LogP contribution is 2.18. The van der Waals surface area contributed by atoms with Gasteiger partial charge in [0.15, 0.2) is 0 Å². The van der Waals surface area contributed by atoms with Crippen molar-refractivity contribution in [2.45, 2.75) is 12.3 Å². The number of halogens is 2. The summed E-state index contributed by atoms with van der Waals surface area (Å²) in [6.45, 7) is -0.183. The third-order valence-electron chi connectivity index (χ3n) is 3.27. The molecule has 6 nitrogen and oxygen atoms in total. The molecule has 130 valence electrons. The van der Waals surface area contributed by atoms with Crippen molar-refractivity contribution < 1.29 is 21.6 Å². The molecule has 25 heavy (non-hydrogen) atoms. The molecule has 0 bridgehead atoms. The van der Waals surface area contributed by atoms with Gasteiger partial charge in [-0.1, -0.05) is 12.1 Å². The van der Waals surface area contributed by atoms with Crippen molar-refractivity contribution >= 4 is 10.0 Å². The summed E-state index contributed by atoms with van der Waals surface area (Å²) in [7, 11) is -3.66. The highest BCUT2D eigenvalue weighted by Gasteiger charge is 2.15. The van der Waals surface area contributed by atoms with E-state index in [1.165, 1.54) is 48.5 Å². The van der Waals surface area contributed by atoms with Gasteiger partial charge in [-0.15, -0.1) is 10.2 Å². The molecule has 0 fully saturated rings. The van der Waals surface area contributed by atoms with Crippen LogP contribution < -0.4 is 4.72 Å². The molecule has 0 saturated heterocycles. The van der Waals surface area contributed by atoms with E-state index in [9.17, 15) is 17.2 Å². The number of nitrogens with zero attached hydrogens (tertiary/aromatic N) is 2. The molecule has 3 aromatic rings. The molecule has 0 aliphatic carbocycles. The zero-order chi connectivity index (χ0) is 17.9. The van der Waals surface area contributed by atoms with Crippen LogP contribution in [0.5, 0.6) is 0 Å². The fraction of sp³-hybridized carbons (Fsp3) is 0.125. The predicted octanol–water partition coefficient (Wildman–Crippen LogP) is 2.63. The van der Waals surface area contributed by atoms with Crippen molar-refractivity contribution in [2.24, 2.45) is 0 Å². The van der Waals surface area contributed by atoms with Crippen molar-refractivity contribution in [3.63, 3.8) is 0 Å². The first-order valence-corrected chi connectivity index (χ1v) is 8.87. The first kappa shape index (κ1) is 17.2. The molecule has 0 atom stereocenters. The molecule has 3 rings (SSSR count). The van der Waals surface area contributed by atoms with E-state index in [4.69, 9.17) is 4.42 Å². The van der Waals surface area contributed by atoms with Crippen LogP contribution in [-0.4, -0.2) is 18.6 Å². The lowest BCUT2D eigenvalue weighted by Crippen LogP contribution is -2.24. The Kier molecular flexibility index (Phi) is 4.86. The predicted molar refractivity (Wildman–Crippen MR) is 85.6 cm³/mol. The van der Waals surface area contributed by atoms with E-state index in [-0.39, 0.29) is 24.1 Å². The van der Waals surface area contributed by atoms with Crippen LogP contribution in [0.15, 0.2) is 52.9 Å². The van der Waals surface area contributed by atoms with Crippen molar-refractivity contribution in [1.29, 1.82) is 0 Å². The average molecular weight is 365 g/mol. The van der Waals surface area contributed by atoms with Crippen LogP contribution in [0.25, 0.3) is 11.5 Å². The van der Waals surface area contributed by atoms with Gasteiger partial charge < -0.3 is 4.42 Å². The maximum absolute atomic E-state index is 12.9. The lowest BCUT2D eigenvalue weighted by Gasteiger charge is -2.04. The van der Waals surface area contributed by atoms with E-state index in [2.05, 4.69) is 14.9 Å². The molecule has 9 heteroatoms. The Morgan fingerprint density at radius 3 is 2.16 bits per heavy atom. The summed E-state index contributed by atoms with van der Waals surface area (Å²) in [4.78, 5) is 0. The second-order valence-corrected chi connectivity index (χ2v) is 7.02. The number of aromatic nitrogens is 2. The Bertz CT molecular complexity index is 955. The highest BCUT2D eigenvalue weighted by atomic mass is 32.2. The lowest BCUT2D eigenvalue weighted by atomic mass is 10.2. The first-order chi connectivity index (χ1) is 11.9. The van der Waals surface area contributed by atoms with E-state index in [1.54, 1.807) is 0 Å². The quantitative estimate of drug-likeness (QED) is 0.726. The highest BCUT2D eigenvalue weighted by molar-refractivity contribution is 7.88. The van der Waals surface area contributed by atoms with Crippen LogP contribution in [0.1, 0.15) is 11.5 Å². The van der Waals surface area contributed by atoms with Crippen molar-refractivity contribution in [1.82, 2.24) is 14.9 Å². The van der Waals surface area contributed by atoms with Gasteiger partial charge in [-0.2, -0.15) is 0 Å². The van der Waals surface area contributed by atoms with Crippen molar-refractivity contribution in [3.05, 3.63) is 71.6 Å². The number of hydrogen-bond donors (Lipinski definition) is 1. The van der Waals surface area contributed by atoms with Crippen LogP contribution in [0.2, 0.25) is 0 Å². The number of sulfonamides is 1. The molecule has 0 radical (unpaired) electrons. The van der Waals surface area contributed by atoms with Crippen LogP contribution in [0.4, 0.5) is 8.78 Å². The Morgan fingerprint density at radius 2 is 1.52 bits per heavy atom.